The highest BCUT2D eigenvalue weighted by atomic mass is 79.9. The van der Waals surface area contributed by atoms with Crippen LogP contribution in [0, 0.1) is 11.3 Å². The van der Waals surface area contributed by atoms with Crippen molar-refractivity contribution < 1.29 is 4.79 Å². The molecule has 1 aromatic carbocycles. The number of hydrogen-bond acceptors (Lipinski definition) is 2. The molecular formula is C10H7BrClNO. The van der Waals surface area contributed by atoms with Gasteiger partial charge in [0.1, 0.15) is 0 Å². The third-order valence-electron chi connectivity index (χ3n) is 1.71. The minimum Gasteiger partial charge on any atom is -0.294 e. The molecule has 0 heterocycles. The molecule has 0 spiro atoms. The van der Waals surface area contributed by atoms with Crippen LogP contribution >= 0.6 is 27.5 Å². The van der Waals surface area contributed by atoms with Crippen molar-refractivity contribution in [2.24, 2.45) is 0 Å². The fourth-order valence-electron chi connectivity index (χ4n) is 0.983. The van der Waals surface area contributed by atoms with Gasteiger partial charge in [-0.15, -0.1) is 0 Å². The van der Waals surface area contributed by atoms with Crippen LogP contribution in [0.1, 0.15) is 23.2 Å². The van der Waals surface area contributed by atoms with Crippen LogP contribution in [-0.4, -0.2) is 5.78 Å². The molecule has 0 bridgehead atoms. The summed E-state index contributed by atoms with van der Waals surface area (Å²) in [5.41, 5.74) is 0.580. The quantitative estimate of drug-likeness (QED) is 0.789. The van der Waals surface area contributed by atoms with Gasteiger partial charge in [0, 0.05) is 22.9 Å². The van der Waals surface area contributed by atoms with Crippen LogP contribution in [0.15, 0.2) is 22.7 Å². The number of hydrogen-bond donors (Lipinski definition) is 0. The zero-order valence-corrected chi connectivity index (χ0v) is 9.60. The molecule has 0 fully saturated rings. The predicted octanol–water partition coefficient (Wildman–Crippen LogP) is 3.59. The molecule has 0 saturated heterocycles. The van der Waals surface area contributed by atoms with Crippen LogP contribution in [0.2, 0.25) is 5.02 Å². The van der Waals surface area contributed by atoms with Crippen molar-refractivity contribution in [3.05, 3.63) is 33.3 Å². The number of carbonyl (C=O) groups is 1. The lowest BCUT2D eigenvalue weighted by molar-refractivity contribution is 0.0984. The highest BCUT2D eigenvalue weighted by Gasteiger charge is 2.07. The summed E-state index contributed by atoms with van der Waals surface area (Å²) in [4.78, 5) is 11.5. The van der Waals surface area contributed by atoms with Gasteiger partial charge in [-0.3, -0.25) is 4.79 Å². The largest absolute Gasteiger partial charge is 0.294 e. The van der Waals surface area contributed by atoms with Crippen molar-refractivity contribution in [2.45, 2.75) is 12.8 Å². The minimum absolute atomic E-state index is 0.0380. The molecule has 0 aliphatic heterocycles. The number of Topliss-reactive ketones (excluding diaryl/α,β-unsaturated/α-hetero) is 1. The van der Waals surface area contributed by atoms with E-state index in [-0.39, 0.29) is 18.6 Å². The second kappa shape index (κ2) is 5.14. The van der Waals surface area contributed by atoms with Gasteiger partial charge >= 0.3 is 0 Å². The van der Waals surface area contributed by atoms with Crippen LogP contribution in [0.3, 0.4) is 0 Å². The maximum atomic E-state index is 11.5. The summed E-state index contributed by atoms with van der Waals surface area (Å²) in [5, 5.41) is 8.90. The number of carbonyl (C=O) groups excluding carboxylic acids is 1. The number of ketones is 1. The molecule has 14 heavy (non-hydrogen) atoms. The molecule has 0 aliphatic rings. The SMILES string of the molecule is N#CCCC(=O)c1ccc(Cl)c(Br)c1. The molecule has 0 amide bonds. The summed E-state index contributed by atoms with van der Waals surface area (Å²) in [6.07, 6.45) is 0.504. The lowest BCUT2D eigenvalue weighted by atomic mass is 10.1. The molecule has 0 atom stereocenters. The summed E-state index contributed by atoms with van der Waals surface area (Å²) in [6.45, 7) is 0. The molecule has 0 radical (unpaired) electrons. The average molecular weight is 273 g/mol. The standard InChI is InChI=1S/C10H7BrClNO/c11-8-6-7(3-4-9(8)12)10(14)2-1-5-13/h3-4,6H,1-2H2. The van der Waals surface area contributed by atoms with Crippen LogP contribution in [0.25, 0.3) is 0 Å². The molecule has 0 unspecified atom stereocenters. The van der Waals surface area contributed by atoms with E-state index in [0.29, 0.717) is 15.1 Å². The fraction of sp³-hybridized carbons (Fsp3) is 0.200. The van der Waals surface area contributed by atoms with Crippen molar-refractivity contribution in [2.75, 3.05) is 0 Å². The first-order chi connectivity index (χ1) is 6.65. The first-order valence-electron chi connectivity index (χ1n) is 4.00. The Morgan fingerprint density at radius 2 is 2.29 bits per heavy atom. The van der Waals surface area contributed by atoms with E-state index in [2.05, 4.69) is 15.9 Å². The number of benzene rings is 1. The second-order valence-corrected chi connectivity index (χ2v) is 3.97. The van der Waals surface area contributed by atoms with Gasteiger partial charge < -0.3 is 0 Å². The Bertz CT molecular complexity index is 398. The Balaban J connectivity index is 2.82. The van der Waals surface area contributed by atoms with E-state index in [1.54, 1.807) is 18.2 Å². The molecule has 1 aromatic rings. The Morgan fingerprint density at radius 1 is 1.57 bits per heavy atom. The minimum atomic E-state index is -0.0380. The van der Waals surface area contributed by atoms with Crippen molar-refractivity contribution in [1.82, 2.24) is 0 Å². The summed E-state index contributed by atoms with van der Waals surface area (Å²) in [6, 6.07) is 6.92. The van der Waals surface area contributed by atoms with Gasteiger partial charge in [-0.1, -0.05) is 11.6 Å². The lowest BCUT2D eigenvalue weighted by Gasteiger charge is -2.00. The number of nitrogens with zero attached hydrogens (tertiary/aromatic N) is 1. The zero-order chi connectivity index (χ0) is 10.6. The van der Waals surface area contributed by atoms with E-state index in [1.165, 1.54) is 0 Å². The van der Waals surface area contributed by atoms with E-state index in [4.69, 9.17) is 16.9 Å². The monoisotopic (exact) mass is 271 g/mol. The molecule has 0 saturated carbocycles. The van der Waals surface area contributed by atoms with E-state index < -0.39 is 0 Å². The van der Waals surface area contributed by atoms with Gasteiger partial charge in [-0.2, -0.15) is 5.26 Å². The van der Waals surface area contributed by atoms with Gasteiger partial charge in [0.25, 0.3) is 0 Å². The average Bonchev–Trinajstić information content (AvgIpc) is 2.18. The van der Waals surface area contributed by atoms with Gasteiger partial charge in [-0.05, 0) is 34.1 Å². The van der Waals surface area contributed by atoms with Gasteiger partial charge in [-0.25, -0.2) is 0 Å². The first kappa shape index (κ1) is 11.2. The third kappa shape index (κ3) is 2.83. The molecular weight excluding hydrogens is 265 g/mol. The molecule has 0 aromatic heterocycles. The lowest BCUT2D eigenvalue weighted by Crippen LogP contribution is -1.97. The van der Waals surface area contributed by atoms with Crippen LogP contribution < -0.4 is 0 Å². The summed E-state index contributed by atoms with van der Waals surface area (Å²) in [5.74, 6) is -0.0380. The van der Waals surface area contributed by atoms with Gasteiger partial charge in [0.2, 0.25) is 0 Å². The Labute approximate surface area is 95.6 Å². The Kier molecular flexibility index (Phi) is 4.12. The van der Waals surface area contributed by atoms with Crippen molar-refractivity contribution in [1.29, 1.82) is 5.26 Å². The smallest absolute Gasteiger partial charge is 0.163 e. The molecule has 1 rings (SSSR count). The maximum absolute atomic E-state index is 11.5. The number of rotatable bonds is 3. The number of nitriles is 1. The van der Waals surface area contributed by atoms with Crippen LogP contribution in [-0.2, 0) is 0 Å². The highest BCUT2D eigenvalue weighted by molar-refractivity contribution is 9.10. The fourth-order valence-corrected chi connectivity index (χ4v) is 1.48. The van der Waals surface area contributed by atoms with E-state index in [0.717, 1.165) is 0 Å². The Morgan fingerprint density at radius 3 is 2.86 bits per heavy atom. The molecule has 0 N–H and O–H groups in total. The Hall–Kier alpha value is -0.850. The molecule has 72 valence electrons. The summed E-state index contributed by atoms with van der Waals surface area (Å²) >= 11 is 9.01. The zero-order valence-electron chi connectivity index (χ0n) is 7.26. The summed E-state index contributed by atoms with van der Waals surface area (Å²) < 4.78 is 0.696. The predicted molar refractivity (Wildman–Crippen MR) is 58.3 cm³/mol. The topological polar surface area (TPSA) is 40.9 Å². The van der Waals surface area contributed by atoms with Crippen LogP contribution in [0.5, 0.6) is 0 Å². The second-order valence-electron chi connectivity index (χ2n) is 2.71. The number of halogens is 2. The van der Waals surface area contributed by atoms with E-state index in [9.17, 15) is 4.79 Å². The van der Waals surface area contributed by atoms with Crippen molar-refractivity contribution in [3.8, 4) is 6.07 Å². The molecule has 4 heteroatoms. The van der Waals surface area contributed by atoms with Gasteiger partial charge in [0.05, 0.1) is 11.1 Å². The van der Waals surface area contributed by atoms with Crippen LogP contribution in [0.4, 0.5) is 0 Å². The van der Waals surface area contributed by atoms with Crippen molar-refractivity contribution >= 4 is 33.3 Å². The third-order valence-corrected chi connectivity index (χ3v) is 2.92. The van der Waals surface area contributed by atoms with E-state index in [1.807, 2.05) is 6.07 Å². The normalized spacial score (nSPS) is 9.50. The van der Waals surface area contributed by atoms with Gasteiger partial charge in [0.15, 0.2) is 5.78 Å². The summed E-state index contributed by atoms with van der Waals surface area (Å²) in [7, 11) is 0. The van der Waals surface area contributed by atoms with Crippen molar-refractivity contribution in [3.63, 3.8) is 0 Å². The maximum Gasteiger partial charge on any atom is 0.163 e. The molecule has 2 nitrogen and oxygen atoms in total. The first-order valence-corrected chi connectivity index (χ1v) is 5.17. The molecule has 0 aliphatic carbocycles. The highest BCUT2D eigenvalue weighted by Crippen LogP contribution is 2.23. The van der Waals surface area contributed by atoms with E-state index >= 15 is 0 Å².